The van der Waals surface area contributed by atoms with Gasteiger partial charge in [0.1, 0.15) is 0 Å². The van der Waals surface area contributed by atoms with Crippen LogP contribution < -0.4 is 0 Å². The largest absolute Gasteiger partial charge is 0.481 e. The number of amides is 1. The lowest BCUT2D eigenvalue weighted by atomic mass is 9.83. The molecule has 4 nitrogen and oxygen atoms in total. The van der Waals surface area contributed by atoms with E-state index in [-0.39, 0.29) is 17.9 Å². The maximum atomic E-state index is 12.8. The van der Waals surface area contributed by atoms with Gasteiger partial charge < -0.3 is 10.0 Å². The summed E-state index contributed by atoms with van der Waals surface area (Å²) in [5, 5.41) is 9.19. The molecule has 1 amide bonds. The number of carbonyl (C=O) groups is 2. The van der Waals surface area contributed by atoms with Gasteiger partial charge in [-0.15, -0.1) is 0 Å². The van der Waals surface area contributed by atoms with Crippen LogP contribution in [0.2, 0.25) is 0 Å². The molecule has 122 valence electrons. The van der Waals surface area contributed by atoms with Crippen molar-refractivity contribution in [1.29, 1.82) is 0 Å². The van der Waals surface area contributed by atoms with E-state index in [0.717, 1.165) is 32.1 Å². The molecule has 0 aliphatic heterocycles. The highest BCUT2D eigenvalue weighted by atomic mass is 16.4. The summed E-state index contributed by atoms with van der Waals surface area (Å²) in [6, 6.07) is 0.216. The van der Waals surface area contributed by atoms with Crippen LogP contribution in [0.3, 0.4) is 0 Å². The minimum atomic E-state index is -0.819. The molecule has 1 N–H and O–H groups in total. The normalized spacial score (nSPS) is 23.9. The Kier molecular flexibility index (Phi) is 7.20. The fourth-order valence-corrected chi connectivity index (χ4v) is 3.39. The Bertz CT molecular complexity index is 352. The quantitative estimate of drug-likeness (QED) is 0.782. The zero-order valence-corrected chi connectivity index (χ0v) is 14.0. The van der Waals surface area contributed by atoms with Gasteiger partial charge in [-0.2, -0.15) is 0 Å². The molecule has 0 aromatic carbocycles. The molecule has 1 fully saturated rings. The van der Waals surface area contributed by atoms with E-state index in [1.807, 2.05) is 18.7 Å². The minimum absolute atomic E-state index is 0.0279. The predicted octanol–water partition coefficient (Wildman–Crippen LogP) is 3.55. The highest BCUT2D eigenvalue weighted by Gasteiger charge is 2.34. The molecule has 21 heavy (non-hydrogen) atoms. The molecule has 1 aliphatic rings. The van der Waals surface area contributed by atoms with Gasteiger partial charge in [0.2, 0.25) is 5.91 Å². The second-order valence-corrected chi connectivity index (χ2v) is 6.57. The molecule has 0 heterocycles. The topological polar surface area (TPSA) is 57.6 Å². The summed E-state index contributed by atoms with van der Waals surface area (Å²) < 4.78 is 0. The molecular weight excluding hydrogens is 266 g/mol. The summed E-state index contributed by atoms with van der Waals surface area (Å²) in [4.78, 5) is 25.9. The summed E-state index contributed by atoms with van der Waals surface area (Å²) in [6.45, 7) is 8.31. The van der Waals surface area contributed by atoms with Crippen molar-refractivity contribution in [3.8, 4) is 0 Å². The monoisotopic (exact) mass is 297 g/mol. The molecule has 0 saturated heterocycles. The molecule has 3 atom stereocenters. The van der Waals surface area contributed by atoms with Crippen LogP contribution in [0, 0.1) is 17.8 Å². The van der Waals surface area contributed by atoms with Gasteiger partial charge in [0.05, 0.1) is 5.92 Å². The SMILES string of the molecule is CCC(CC)C(=O)N(CC(C)C(=O)O)C1CCCCC1C. The molecule has 1 aliphatic carbocycles. The Hall–Kier alpha value is -1.06. The lowest BCUT2D eigenvalue weighted by Gasteiger charge is -2.41. The third-order valence-corrected chi connectivity index (χ3v) is 4.98. The number of carboxylic acid groups (broad SMARTS) is 1. The van der Waals surface area contributed by atoms with E-state index < -0.39 is 11.9 Å². The first-order valence-corrected chi connectivity index (χ1v) is 8.45. The molecule has 0 spiro atoms. The fourth-order valence-electron chi connectivity index (χ4n) is 3.39. The van der Waals surface area contributed by atoms with Crippen LogP contribution in [0.15, 0.2) is 0 Å². The second kappa shape index (κ2) is 8.40. The van der Waals surface area contributed by atoms with E-state index in [0.29, 0.717) is 12.5 Å². The van der Waals surface area contributed by atoms with Gasteiger partial charge in [-0.05, 0) is 31.6 Å². The van der Waals surface area contributed by atoms with Crippen LogP contribution >= 0.6 is 0 Å². The van der Waals surface area contributed by atoms with E-state index >= 15 is 0 Å². The summed E-state index contributed by atoms with van der Waals surface area (Å²) >= 11 is 0. The van der Waals surface area contributed by atoms with Gasteiger partial charge in [0.15, 0.2) is 0 Å². The fraction of sp³-hybridized carbons (Fsp3) is 0.882. The van der Waals surface area contributed by atoms with Crippen molar-refractivity contribution in [2.45, 2.75) is 72.3 Å². The van der Waals surface area contributed by atoms with E-state index in [4.69, 9.17) is 0 Å². The Morgan fingerprint density at radius 3 is 2.24 bits per heavy atom. The second-order valence-electron chi connectivity index (χ2n) is 6.57. The number of hydrogen-bond donors (Lipinski definition) is 1. The predicted molar refractivity (Wildman–Crippen MR) is 84.0 cm³/mol. The van der Waals surface area contributed by atoms with E-state index in [1.54, 1.807) is 6.92 Å². The summed E-state index contributed by atoms with van der Waals surface area (Å²) in [7, 11) is 0. The number of carboxylic acids is 1. The van der Waals surface area contributed by atoms with Crippen LogP contribution in [-0.2, 0) is 9.59 Å². The van der Waals surface area contributed by atoms with Crippen LogP contribution in [0.25, 0.3) is 0 Å². The van der Waals surface area contributed by atoms with Crippen molar-refractivity contribution < 1.29 is 14.7 Å². The molecular formula is C17H31NO3. The van der Waals surface area contributed by atoms with Crippen molar-refractivity contribution >= 4 is 11.9 Å². The molecule has 1 rings (SSSR count). The van der Waals surface area contributed by atoms with Gasteiger partial charge >= 0.3 is 5.97 Å². The molecule has 1 saturated carbocycles. The molecule has 0 aromatic heterocycles. The molecule has 4 heteroatoms. The van der Waals surface area contributed by atoms with Crippen LogP contribution in [-0.4, -0.2) is 34.5 Å². The van der Waals surface area contributed by atoms with Gasteiger partial charge in [0, 0.05) is 18.5 Å². The Labute approximate surface area is 128 Å². The number of aliphatic carboxylic acids is 1. The minimum Gasteiger partial charge on any atom is -0.481 e. The van der Waals surface area contributed by atoms with Crippen LogP contribution in [0.4, 0.5) is 0 Å². The number of nitrogens with zero attached hydrogens (tertiary/aromatic N) is 1. The first-order valence-electron chi connectivity index (χ1n) is 8.45. The number of rotatable bonds is 7. The van der Waals surface area contributed by atoms with Crippen molar-refractivity contribution in [3.63, 3.8) is 0 Å². The smallest absolute Gasteiger partial charge is 0.308 e. The Morgan fingerprint density at radius 1 is 1.19 bits per heavy atom. The first kappa shape index (κ1) is 18.0. The maximum Gasteiger partial charge on any atom is 0.308 e. The first-order chi connectivity index (χ1) is 9.92. The van der Waals surface area contributed by atoms with Gasteiger partial charge in [-0.1, -0.05) is 40.5 Å². The highest BCUT2D eigenvalue weighted by Crippen LogP contribution is 2.30. The maximum absolute atomic E-state index is 12.8. The van der Waals surface area contributed by atoms with E-state index in [2.05, 4.69) is 6.92 Å². The average molecular weight is 297 g/mol. The Balaban J connectivity index is 2.92. The zero-order valence-electron chi connectivity index (χ0n) is 14.0. The summed E-state index contributed by atoms with van der Waals surface area (Å²) in [5.74, 6) is -0.664. The summed E-state index contributed by atoms with van der Waals surface area (Å²) in [6.07, 6.45) is 6.17. The van der Waals surface area contributed by atoms with Crippen molar-refractivity contribution in [2.24, 2.45) is 17.8 Å². The third kappa shape index (κ3) is 4.72. The molecule has 0 bridgehead atoms. The summed E-state index contributed by atoms with van der Waals surface area (Å²) in [5.41, 5.74) is 0. The lowest BCUT2D eigenvalue weighted by Crippen LogP contribution is -2.50. The van der Waals surface area contributed by atoms with E-state index in [1.165, 1.54) is 6.42 Å². The third-order valence-electron chi connectivity index (χ3n) is 4.98. The van der Waals surface area contributed by atoms with Gasteiger partial charge in [-0.25, -0.2) is 0 Å². The lowest BCUT2D eigenvalue weighted by molar-refractivity contribution is -0.146. The molecule has 0 radical (unpaired) electrons. The van der Waals surface area contributed by atoms with Gasteiger partial charge in [0.25, 0.3) is 0 Å². The van der Waals surface area contributed by atoms with E-state index in [9.17, 15) is 14.7 Å². The van der Waals surface area contributed by atoms with Crippen LogP contribution in [0.1, 0.15) is 66.2 Å². The van der Waals surface area contributed by atoms with Crippen molar-refractivity contribution in [1.82, 2.24) is 4.90 Å². The van der Waals surface area contributed by atoms with Crippen molar-refractivity contribution in [2.75, 3.05) is 6.54 Å². The van der Waals surface area contributed by atoms with Crippen molar-refractivity contribution in [3.05, 3.63) is 0 Å². The highest BCUT2D eigenvalue weighted by molar-refractivity contribution is 5.80. The average Bonchev–Trinajstić information content (AvgIpc) is 2.46. The van der Waals surface area contributed by atoms with Crippen LogP contribution in [0.5, 0.6) is 0 Å². The van der Waals surface area contributed by atoms with Gasteiger partial charge in [-0.3, -0.25) is 9.59 Å². The zero-order chi connectivity index (χ0) is 16.0. The number of hydrogen-bond acceptors (Lipinski definition) is 2. The number of carbonyl (C=O) groups excluding carboxylic acids is 1. The Morgan fingerprint density at radius 2 is 1.76 bits per heavy atom. The molecule has 0 aromatic rings. The molecule has 3 unspecified atom stereocenters. The standard InChI is InChI=1S/C17H31NO3/c1-5-14(6-2)16(19)18(11-13(4)17(20)21)15-10-8-7-9-12(15)3/h12-15H,5-11H2,1-4H3,(H,20,21).